The molecule has 1 unspecified atom stereocenters. The molecule has 1 aromatic heterocycles. The maximum atomic E-state index is 10.4. The third-order valence-corrected chi connectivity index (χ3v) is 1.77. The first-order valence-electron chi connectivity index (χ1n) is 4.08. The van der Waals surface area contributed by atoms with E-state index in [9.17, 15) is 14.9 Å². The minimum atomic E-state index is -1.13. The van der Waals surface area contributed by atoms with E-state index < -0.39 is 16.9 Å². The molecule has 1 heterocycles. The summed E-state index contributed by atoms with van der Waals surface area (Å²) in [6.45, 7) is 0. The molecule has 0 radical (unpaired) electrons. The van der Waals surface area contributed by atoms with Gasteiger partial charge in [-0.2, -0.15) is 0 Å². The van der Waals surface area contributed by atoms with Gasteiger partial charge in [-0.3, -0.25) is 19.9 Å². The number of rotatable bonds is 4. The molecule has 0 aliphatic carbocycles. The van der Waals surface area contributed by atoms with Crippen LogP contribution in [0, 0.1) is 10.1 Å². The van der Waals surface area contributed by atoms with Crippen molar-refractivity contribution in [2.24, 2.45) is 5.73 Å². The largest absolute Gasteiger partial charge is 0.480 e. The zero-order chi connectivity index (χ0) is 11.4. The van der Waals surface area contributed by atoms with Crippen LogP contribution < -0.4 is 5.73 Å². The van der Waals surface area contributed by atoms with E-state index in [2.05, 4.69) is 4.98 Å². The number of nitro groups is 1. The number of carboxylic acid groups (broad SMARTS) is 1. The smallest absolute Gasteiger partial charge is 0.320 e. The van der Waals surface area contributed by atoms with Crippen LogP contribution in [0.15, 0.2) is 18.3 Å². The zero-order valence-corrected chi connectivity index (χ0v) is 7.66. The summed E-state index contributed by atoms with van der Waals surface area (Å²) in [4.78, 5) is 23.9. The van der Waals surface area contributed by atoms with Gasteiger partial charge in [0, 0.05) is 18.2 Å². The van der Waals surface area contributed by atoms with Crippen molar-refractivity contribution in [3.05, 3.63) is 34.1 Å². The summed E-state index contributed by atoms with van der Waals surface area (Å²) < 4.78 is 0. The molecular weight excluding hydrogens is 202 g/mol. The van der Waals surface area contributed by atoms with Crippen LogP contribution >= 0.6 is 0 Å². The number of aromatic nitrogens is 1. The number of pyridine rings is 1. The second-order valence-corrected chi connectivity index (χ2v) is 2.91. The normalized spacial score (nSPS) is 12.1. The van der Waals surface area contributed by atoms with Gasteiger partial charge >= 0.3 is 5.97 Å². The summed E-state index contributed by atoms with van der Waals surface area (Å²) in [5.74, 6) is -1.13. The van der Waals surface area contributed by atoms with Crippen LogP contribution in [-0.4, -0.2) is 27.0 Å². The van der Waals surface area contributed by atoms with Crippen molar-refractivity contribution in [3.63, 3.8) is 0 Å². The van der Waals surface area contributed by atoms with Crippen LogP contribution in [0.25, 0.3) is 0 Å². The highest BCUT2D eigenvalue weighted by Gasteiger charge is 2.13. The molecule has 1 rings (SSSR count). The number of carboxylic acids is 1. The highest BCUT2D eigenvalue weighted by atomic mass is 16.6. The third-order valence-electron chi connectivity index (χ3n) is 1.77. The van der Waals surface area contributed by atoms with Crippen LogP contribution in [0.3, 0.4) is 0 Å². The van der Waals surface area contributed by atoms with Crippen LogP contribution in [0.4, 0.5) is 5.69 Å². The van der Waals surface area contributed by atoms with E-state index in [4.69, 9.17) is 10.8 Å². The summed E-state index contributed by atoms with van der Waals surface area (Å²) in [5.41, 5.74) is 5.55. The van der Waals surface area contributed by atoms with Crippen LogP contribution in [0.1, 0.15) is 5.69 Å². The van der Waals surface area contributed by atoms with E-state index in [-0.39, 0.29) is 12.1 Å². The monoisotopic (exact) mass is 211 g/mol. The van der Waals surface area contributed by atoms with Crippen molar-refractivity contribution in [3.8, 4) is 0 Å². The minimum absolute atomic E-state index is 0.0489. The molecular formula is C8H9N3O4. The van der Waals surface area contributed by atoms with E-state index >= 15 is 0 Å². The molecule has 0 amide bonds. The summed E-state index contributed by atoms with van der Waals surface area (Å²) >= 11 is 0. The topological polar surface area (TPSA) is 119 Å². The quantitative estimate of drug-likeness (QED) is 0.532. The van der Waals surface area contributed by atoms with Gasteiger partial charge in [-0.05, 0) is 6.07 Å². The zero-order valence-electron chi connectivity index (χ0n) is 7.66. The molecule has 80 valence electrons. The first-order valence-corrected chi connectivity index (χ1v) is 4.08. The molecule has 0 aliphatic rings. The van der Waals surface area contributed by atoms with Crippen LogP contribution in [-0.2, 0) is 11.2 Å². The lowest BCUT2D eigenvalue weighted by Gasteiger charge is -2.04. The second-order valence-electron chi connectivity index (χ2n) is 2.91. The van der Waals surface area contributed by atoms with E-state index in [1.165, 1.54) is 12.1 Å². The fraction of sp³-hybridized carbons (Fsp3) is 0.250. The highest BCUT2D eigenvalue weighted by Crippen LogP contribution is 2.09. The predicted octanol–water partition coefficient (Wildman–Crippen LogP) is -0.0558. The lowest BCUT2D eigenvalue weighted by Crippen LogP contribution is -2.32. The Morgan fingerprint density at radius 2 is 2.33 bits per heavy atom. The molecule has 15 heavy (non-hydrogen) atoms. The van der Waals surface area contributed by atoms with Gasteiger partial charge in [0.25, 0.3) is 5.69 Å². The number of hydrogen-bond donors (Lipinski definition) is 2. The lowest BCUT2D eigenvalue weighted by atomic mass is 10.1. The molecule has 1 atom stereocenters. The predicted molar refractivity (Wildman–Crippen MR) is 50.2 cm³/mol. The average Bonchev–Trinajstić information content (AvgIpc) is 2.18. The van der Waals surface area contributed by atoms with Gasteiger partial charge in [0.2, 0.25) is 0 Å². The van der Waals surface area contributed by atoms with E-state index in [0.717, 1.165) is 6.20 Å². The van der Waals surface area contributed by atoms with Crippen LogP contribution in [0.5, 0.6) is 0 Å². The highest BCUT2D eigenvalue weighted by molar-refractivity contribution is 5.73. The Balaban J connectivity index is 2.72. The van der Waals surface area contributed by atoms with Gasteiger partial charge in [-0.25, -0.2) is 0 Å². The third kappa shape index (κ3) is 2.99. The molecule has 1 aromatic rings. The summed E-state index contributed by atoms with van der Waals surface area (Å²) in [6.07, 6.45) is 1.12. The Morgan fingerprint density at radius 3 is 2.73 bits per heavy atom. The number of nitrogens with two attached hydrogens (primary N) is 1. The number of nitrogens with zero attached hydrogens (tertiary/aromatic N) is 2. The van der Waals surface area contributed by atoms with Gasteiger partial charge in [-0.15, -0.1) is 0 Å². The number of aliphatic carboxylic acids is 1. The first-order chi connectivity index (χ1) is 7.00. The van der Waals surface area contributed by atoms with Crippen LogP contribution in [0.2, 0.25) is 0 Å². The second kappa shape index (κ2) is 4.47. The maximum absolute atomic E-state index is 10.4. The Bertz CT molecular complexity index is 376. The average molecular weight is 211 g/mol. The first kappa shape index (κ1) is 11.1. The van der Waals surface area contributed by atoms with Crippen molar-refractivity contribution in [1.82, 2.24) is 4.98 Å². The van der Waals surface area contributed by atoms with Gasteiger partial charge in [-0.1, -0.05) is 0 Å². The molecule has 0 saturated carbocycles. The van der Waals surface area contributed by atoms with Gasteiger partial charge in [0.1, 0.15) is 12.2 Å². The van der Waals surface area contributed by atoms with E-state index in [0.29, 0.717) is 5.69 Å². The SMILES string of the molecule is NC(Cc1ccc([N+](=O)[O-])cn1)C(=O)O. The standard InChI is InChI=1S/C8H9N3O4/c9-7(8(12)13)3-5-1-2-6(4-10-5)11(14)15/h1-2,4,7H,3,9H2,(H,12,13). The van der Waals surface area contributed by atoms with Crippen molar-refractivity contribution >= 4 is 11.7 Å². The summed E-state index contributed by atoms with van der Waals surface area (Å²) in [5, 5.41) is 18.8. The van der Waals surface area contributed by atoms with E-state index in [1.807, 2.05) is 0 Å². The molecule has 7 heteroatoms. The van der Waals surface area contributed by atoms with Crippen molar-refractivity contribution in [1.29, 1.82) is 0 Å². The summed E-state index contributed by atoms with van der Waals surface area (Å²) in [7, 11) is 0. The fourth-order valence-electron chi connectivity index (χ4n) is 0.958. The number of carbonyl (C=O) groups is 1. The Labute approximate surface area is 84.7 Å². The molecule has 0 fully saturated rings. The molecule has 0 spiro atoms. The Hall–Kier alpha value is -2.02. The fourth-order valence-corrected chi connectivity index (χ4v) is 0.958. The maximum Gasteiger partial charge on any atom is 0.320 e. The van der Waals surface area contributed by atoms with E-state index in [1.54, 1.807) is 0 Å². The molecule has 7 nitrogen and oxygen atoms in total. The van der Waals surface area contributed by atoms with Crippen molar-refractivity contribution in [2.45, 2.75) is 12.5 Å². The number of hydrogen-bond acceptors (Lipinski definition) is 5. The molecule has 0 aromatic carbocycles. The Morgan fingerprint density at radius 1 is 1.67 bits per heavy atom. The lowest BCUT2D eigenvalue weighted by molar-refractivity contribution is -0.385. The Kier molecular flexibility index (Phi) is 3.29. The molecule has 0 saturated heterocycles. The van der Waals surface area contributed by atoms with Gasteiger partial charge in [0.05, 0.1) is 4.92 Å². The molecule has 3 N–H and O–H groups in total. The molecule has 0 aliphatic heterocycles. The van der Waals surface area contributed by atoms with Crippen molar-refractivity contribution in [2.75, 3.05) is 0 Å². The minimum Gasteiger partial charge on any atom is -0.480 e. The van der Waals surface area contributed by atoms with Gasteiger partial charge in [0.15, 0.2) is 0 Å². The summed E-state index contributed by atoms with van der Waals surface area (Å²) in [6, 6.07) is 1.61. The van der Waals surface area contributed by atoms with Gasteiger partial charge < -0.3 is 10.8 Å². The van der Waals surface area contributed by atoms with Crippen molar-refractivity contribution < 1.29 is 14.8 Å². The molecule has 0 bridgehead atoms.